The molecule has 3 nitrogen and oxygen atoms in total. The maximum atomic E-state index is 5.42. The van der Waals surface area contributed by atoms with E-state index in [2.05, 4.69) is 27.7 Å². The monoisotopic (exact) mass is 237 g/mol. The van der Waals surface area contributed by atoms with E-state index in [-0.39, 0.29) is 0 Å². The van der Waals surface area contributed by atoms with E-state index in [0.717, 1.165) is 16.7 Å². The molecule has 0 fully saturated rings. The minimum atomic E-state index is 0.736. The quantitative estimate of drug-likeness (QED) is 0.613. The molecule has 0 unspecified atom stereocenters. The van der Waals surface area contributed by atoms with E-state index >= 15 is 0 Å². The number of halogens is 1. The summed E-state index contributed by atoms with van der Waals surface area (Å²) in [5.74, 6) is 0. The Balaban J connectivity index is 2.61. The van der Waals surface area contributed by atoms with Crippen LogP contribution in [0.5, 0.6) is 0 Å². The standard InChI is InChI=1S/C5H8IN3/c6-1-2-9-4-5(7)3-8-9/h3-4H,1-2,7H2. The molecule has 0 aliphatic rings. The van der Waals surface area contributed by atoms with Gasteiger partial charge >= 0.3 is 0 Å². The van der Waals surface area contributed by atoms with Crippen LogP contribution in [0.25, 0.3) is 0 Å². The maximum Gasteiger partial charge on any atom is 0.0719 e. The van der Waals surface area contributed by atoms with Crippen LogP contribution in [0.2, 0.25) is 0 Å². The highest BCUT2D eigenvalue weighted by atomic mass is 127. The summed E-state index contributed by atoms with van der Waals surface area (Å²) < 4.78 is 2.90. The highest BCUT2D eigenvalue weighted by molar-refractivity contribution is 14.1. The summed E-state index contributed by atoms with van der Waals surface area (Å²) in [5, 5.41) is 3.99. The van der Waals surface area contributed by atoms with Crippen molar-refractivity contribution in [3.8, 4) is 0 Å². The van der Waals surface area contributed by atoms with E-state index < -0.39 is 0 Å². The van der Waals surface area contributed by atoms with Gasteiger partial charge in [0, 0.05) is 17.2 Å². The molecule has 0 amide bonds. The lowest BCUT2D eigenvalue weighted by molar-refractivity contribution is 0.672. The average molecular weight is 237 g/mol. The minimum absolute atomic E-state index is 0.736. The largest absolute Gasteiger partial charge is 0.396 e. The van der Waals surface area contributed by atoms with E-state index in [1.807, 2.05) is 10.9 Å². The van der Waals surface area contributed by atoms with E-state index in [1.54, 1.807) is 6.20 Å². The van der Waals surface area contributed by atoms with Gasteiger partial charge in [-0.05, 0) is 0 Å². The zero-order valence-electron chi connectivity index (χ0n) is 4.92. The van der Waals surface area contributed by atoms with Crippen LogP contribution in [-0.4, -0.2) is 14.2 Å². The van der Waals surface area contributed by atoms with Crippen molar-refractivity contribution in [1.29, 1.82) is 0 Å². The molecule has 0 bridgehead atoms. The summed E-state index contributed by atoms with van der Waals surface area (Å²) >= 11 is 2.30. The smallest absolute Gasteiger partial charge is 0.0719 e. The summed E-state index contributed by atoms with van der Waals surface area (Å²) in [4.78, 5) is 0. The molecule has 0 aliphatic carbocycles. The average Bonchev–Trinajstić information content (AvgIpc) is 2.17. The van der Waals surface area contributed by atoms with Gasteiger partial charge in [0.2, 0.25) is 0 Å². The second kappa shape index (κ2) is 3.05. The van der Waals surface area contributed by atoms with Crippen molar-refractivity contribution in [3.05, 3.63) is 12.4 Å². The normalized spacial score (nSPS) is 9.89. The summed E-state index contributed by atoms with van der Waals surface area (Å²) in [6, 6.07) is 0. The molecule has 0 spiro atoms. The first kappa shape index (κ1) is 6.85. The molecule has 0 saturated carbocycles. The lowest BCUT2D eigenvalue weighted by Gasteiger charge is -1.92. The third-order valence-electron chi connectivity index (χ3n) is 0.967. The predicted octanol–water partition coefficient (Wildman–Crippen LogP) is 0.900. The molecule has 9 heavy (non-hydrogen) atoms. The first-order chi connectivity index (χ1) is 4.33. The molecule has 0 aromatic carbocycles. The predicted molar refractivity (Wildman–Crippen MR) is 45.5 cm³/mol. The van der Waals surface area contributed by atoms with Crippen molar-refractivity contribution in [3.63, 3.8) is 0 Å². The van der Waals surface area contributed by atoms with E-state index in [9.17, 15) is 0 Å². The number of nitrogen functional groups attached to an aromatic ring is 1. The fourth-order valence-electron chi connectivity index (χ4n) is 0.588. The van der Waals surface area contributed by atoms with Crippen LogP contribution in [0.1, 0.15) is 0 Å². The number of anilines is 1. The Morgan fingerprint density at radius 3 is 3.00 bits per heavy atom. The number of hydrogen-bond donors (Lipinski definition) is 1. The molecule has 50 valence electrons. The van der Waals surface area contributed by atoms with Gasteiger partial charge in [0.05, 0.1) is 11.9 Å². The molecule has 1 heterocycles. The van der Waals surface area contributed by atoms with Crippen molar-refractivity contribution < 1.29 is 0 Å². The van der Waals surface area contributed by atoms with Crippen LogP contribution < -0.4 is 5.73 Å². The van der Waals surface area contributed by atoms with Crippen molar-refractivity contribution in [2.75, 3.05) is 10.2 Å². The molecule has 1 aromatic rings. The number of aromatic nitrogens is 2. The van der Waals surface area contributed by atoms with Crippen LogP contribution >= 0.6 is 22.6 Å². The molecular weight excluding hydrogens is 229 g/mol. The molecular formula is C5H8IN3. The van der Waals surface area contributed by atoms with Crippen LogP contribution in [0.4, 0.5) is 5.69 Å². The molecule has 0 saturated heterocycles. The van der Waals surface area contributed by atoms with Gasteiger partial charge in [-0.3, -0.25) is 4.68 Å². The van der Waals surface area contributed by atoms with Gasteiger partial charge in [0.15, 0.2) is 0 Å². The Hall–Kier alpha value is -0.260. The number of nitrogens with zero attached hydrogens (tertiary/aromatic N) is 2. The summed E-state index contributed by atoms with van der Waals surface area (Å²) in [6.07, 6.45) is 3.49. The van der Waals surface area contributed by atoms with Crippen LogP contribution in [0, 0.1) is 0 Å². The maximum absolute atomic E-state index is 5.42. The second-order valence-electron chi connectivity index (χ2n) is 1.73. The summed E-state index contributed by atoms with van der Waals surface area (Å²) in [6.45, 7) is 0.942. The van der Waals surface area contributed by atoms with E-state index in [1.165, 1.54) is 0 Å². The van der Waals surface area contributed by atoms with Crippen LogP contribution in [-0.2, 0) is 6.54 Å². The number of alkyl halides is 1. The van der Waals surface area contributed by atoms with Gasteiger partial charge in [-0.1, -0.05) is 22.6 Å². The molecule has 0 aliphatic heterocycles. The van der Waals surface area contributed by atoms with Crippen LogP contribution in [0.15, 0.2) is 12.4 Å². The highest BCUT2D eigenvalue weighted by Crippen LogP contribution is 1.97. The number of aryl methyl sites for hydroxylation is 1. The van der Waals surface area contributed by atoms with Gasteiger partial charge < -0.3 is 5.73 Å². The Bertz CT molecular complexity index is 184. The van der Waals surface area contributed by atoms with Crippen LogP contribution in [0.3, 0.4) is 0 Å². The van der Waals surface area contributed by atoms with Gasteiger partial charge in [-0.2, -0.15) is 5.10 Å². The SMILES string of the molecule is Nc1cnn(CCI)c1. The first-order valence-electron chi connectivity index (χ1n) is 2.67. The van der Waals surface area contributed by atoms with Crippen molar-refractivity contribution in [1.82, 2.24) is 9.78 Å². The summed E-state index contributed by atoms with van der Waals surface area (Å²) in [5.41, 5.74) is 6.16. The zero-order valence-corrected chi connectivity index (χ0v) is 7.08. The van der Waals surface area contributed by atoms with E-state index in [0.29, 0.717) is 0 Å². The topological polar surface area (TPSA) is 43.8 Å². The molecule has 0 atom stereocenters. The Kier molecular flexibility index (Phi) is 2.32. The Morgan fingerprint density at radius 2 is 2.56 bits per heavy atom. The molecule has 4 heteroatoms. The highest BCUT2D eigenvalue weighted by Gasteiger charge is 1.90. The Morgan fingerprint density at radius 1 is 1.78 bits per heavy atom. The lowest BCUT2D eigenvalue weighted by atomic mass is 10.6. The number of rotatable bonds is 2. The lowest BCUT2D eigenvalue weighted by Crippen LogP contribution is -1.97. The zero-order chi connectivity index (χ0) is 6.69. The first-order valence-corrected chi connectivity index (χ1v) is 4.19. The van der Waals surface area contributed by atoms with Crippen molar-refractivity contribution >= 4 is 28.3 Å². The van der Waals surface area contributed by atoms with Crippen molar-refractivity contribution in [2.45, 2.75) is 6.54 Å². The second-order valence-corrected chi connectivity index (χ2v) is 2.80. The van der Waals surface area contributed by atoms with Gasteiger partial charge in [0.1, 0.15) is 0 Å². The number of nitrogens with two attached hydrogens (primary N) is 1. The fourth-order valence-corrected chi connectivity index (χ4v) is 1.08. The molecule has 0 radical (unpaired) electrons. The van der Waals surface area contributed by atoms with Gasteiger partial charge in [0.25, 0.3) is 0 Å². The third-order valence-corrected chi connectivity index (χ3v) is 1.45. The van der Waals surface area contributed by atoms with Gasteiger partial charge in [-0.15, -0.1) is 0 Å². The van der Waals surface area contributed by atoms with Crippen molar-refractivity contribution in [2.24, 2.45) is 0 Å². The molecule has 1 aromatic heterocycles. The minimum Gasteiger partial charge on any atom is -0.396 e. The van der Waals surface area contributed by atoms with E-state index in [4.69, 9.17) is 5.73 Å². The van der Waals surface area contributed by atoms with Gasteiger partial charge in [-0.25, -0.2) is 0 Å². The molecule has 2 N–H and O–H groups in total. The number of hydrogen-bond acceptors (Lipinski definition) is 2. The third kappa shape index (κ3) is 1.85. The summed E-state index contributed by atoms with van der Waals surface area (Å²) in [7, 11) is 0. The Labute approximate surface area is 67.4 Å². The fraction of sp³-hybridized carbons (Fsp3) is 0.400. The molecule has 1 rings (SSSR count).